The van der Waals surface area contributed by atoms with E-state index < -0.39 is 5.60 Å². The predicted octanol–water partition coefficient (Wildman–Crippen LogP) is 10.4. The van der Waals surface area contributed by atoms with E-state index in [1.54, 1.807) is 0 Å². The Bertz CT molecular complexity index is 1750. The number of esters is 1. The Hall–Kier alpha value is -4.25. The minimum absolute atomic E-state index is 0.308. The monoisotopic (exact) mass is 616 g/mol. The van der Waals surface area contributed by atoms with Crippen molar-refractivity contribution in [2.45, 2.75) is 92.1 Å². The molecule has 0 aromatic heterocycles. The highest BCUT2D eigenvalue weighted by molar-refractivity contribution is 5.97. The van der Waals surface area contributed by atoms with Gasteiger partial charge in [0.05, 0.1) is 5.56 Å². The van der Waals surface area contributed by atoms with Gasteiger partial charge in [-0.25, -0.2) is 4.79 Å². The zero-order valence-electron chi connectivity index (χ0n) is 28.4. The van der Waals surface area contributed by atoms with Gasteiger partial charge in [0.1, 0.15) is 11.5 Å². The molecule has 4 aromatic carbocycles. The molecule has 0 radical (unpaired) electrons. The molecule has 5 heteroatoms. The number of carbonyl (C=O) groups is 1. The summed E-state index contributed by atoms with van der Waals surface area (Å²) in [6.45, 7) is 15.3. The maximum Gasteiger partial charge on any atom is 0.340 e. The summed E-state index contributed by atoms with van der Waals surface area (Å²) in [5.74, 6) is 1.15. The third-order valence-corrected chi connectivity index (χ3v) is 9.86. The number of nitrogens with one attached hydrogen (secondary N) is 1. The van der Waals surface area contributed by atoms with Gasteiger partial charge >= 0.3 is 5.97 Å². The van der Waals surface area contributed by atoms with E-state index in [0.717, 1.165) is 109 Å². The summed E-state index contributed by atoms with van der Waals surface area (Å²) in [5, 5.41) is 3.79. The molecule has 0 saturated carbocycles. The SMILES string of the molecule is CCCCN(CCCC)c1ccc2c(c1)Oc1cc(C)c(Nc3ccc(CC)c(CC)c3CC)cc1C21OC(=O)c2ccccc21. The van der Waals surface area contributed by atoms with Gasteiger partial charge in [0.15, 0.2) is 5.60 Å². The number of aryl methyl sites for hydroxylation is 2. The summed E-state index contributed by atoms with van der Waals surface area (Å²) in [7, 11) is 0. The highest BCUT2D eigenvalue weighted by atomic mass is 16.6. The van der Waals surface area contributed by atoms with E-state index in [9.17, 15) is 4.79 Å². The Morgan fingerprint density at radius 1 is 0.717 bits per heavy atom. The molecule has 6 rings (SSSR count). The summed E-state index contributed by atoms with van der Waals surface area (Å²) in [5.41, 5.74) is 10.6. The van der Waals surface area contributed by atoms with Crippen LogP contribution < -0.4 is 15.0 Å². The number of benzene rings is 4. The van der Waals surface area contributed by atoms with Crippen LogP contribution in [-0.4, -0.2) is 19.1 Å². The Balaban J connectivity index is 1.50. The van der Waals surface area contributed by atoms with Gasteiger partial charge < -0.3 is 19.7 Å². The topological polar surface area (TPSA) is 50.8 Å². The van der Waals surface area contributed by atoms with E-state index in [-0.39, 0.29) is 5.97 Å². The first-order chi connectivity index (χ1) is 22.4. The number of carbonyl (C=O) groups excluding carboxylic acids is 1. The lowest BCUT2D eigenvalue weighted by Gasteiger charge is -2.38. The molecule has 1 spiro atoms. The van der Waals surface area contributed by atoms with Crippen molar-refractivity contribution in [3.05, 3.63) is 111 Å². The van der Waals surface area contributed by atoms with Crippen LogP contribution in [0.2, 0.25) is 0 Å². The predicted molar refractivity (Wildman–Crippen MR) is 189 cm³/mol. The van der Waals surface area contributed by atoms with Crippen LogP contribution in [0, 0.1) is 6.92 Å². The van der Waals surface area contributed by atoms with Crippen molar-refractivity contribution in [1.82, 2.24) is 0 Å². The van der Waals surface area contributed by atoms with Crippen molar-refractivity contribution in [1.29, 1.82) is 0 Å². The highest BCUT2D eigenvalue weighted by Gasteiger charge is 2.53. The van der Waals surface area contributed by atoms with Gasteiger partial charge in [0, 0.05) is 52.9 Å². The molecule has 4 aromatic rings. The smallest absolute Gasteiger partial charge is 0.340 e. The number of ether oxygens (including phenoxy) is 2. The molecule has 1 atom stereocenters. The third kappa shape index (κ3) is 5.34. The average molecular weight is 617 g/mol. The minimum Gasteiger partial charge on any atom is -0.456 e. The molecule has 2 heterocycles. The normalized spacial score (nSPS) is 16.0. The fourth-order valence-corrected chi connectivity index (χ4v) is 7.39. The molecular formula is C41H48N2O3. The Morgan fingerprint density at radius 2 is 1.43 bits per heavy atom. The number of nitrogens with zero attached hydrogens (tertiary/aromatic N) is 1. The van der Waals surface area contributed by atoms with Crippen molar-refractivity contribution in [2.75, 3.05) is 23.3 Å². The maximum atomic E-state index is 13.5. The molecule has 0 bridgehead atoms. The van der Waals surface area contributed by atoms with Crippen molar-refractivity contribution in [3.8, 4) is 11.5 Å². The molecule has 1 unspecified atom stereocenters. The van der Waals surface area contributed by atoms with Crippen LogP contribution in [0.15, 0.2) is 66.7 Å². The van der Waals surface area contributed by atoms with Gasteiger partial charge in [-0.15, -0.1) is 0 Å². The fourth-order valence-electron chi connectivity index (χ4n) is 7.39. The molecular weight excluding hydrogens is 568 g/mol. The summed E-state index contributed by atoms with van der Waals surface area (Å²) in [4.78, 5) is 16.0. The molecule has 2 aliphatic heterocycles. The molecule has 0 amide bonds. The van der Waals surface area contributed by atoms with Gasteiger partial charge in [-0.1, -0.05) is 71.7 Å². The maximum absolute atomic E-state index is 13.5. The van der Waals surface area contributed by atoms with E-state index in [4.69, 9.17) is 9.47 Å². The zero-order valence-corrected chi connectivity index (χ0v) is 28.4. The third-order valence-electron chi connectivity index (χ3n) is 9.86. The lowest BCUT2D eigenvalue weighted by Crippen LogP contribution is -2.33. The standard InChI is InChI=1S/C41H48N2O3/c1-7-12-22-43(23-13-8-2)29-19-20-34-39(25-29)45-38-24-27(6)37(42-36-21-18-28(9-3)30(10-4)31(36)11-5)26-35(38)41(34)33-17-15-14-16-32(33)40(44)46-41/h14-21,24-26,42H,7-13,22-23H2,1-6H3. The number of fused-ring (bicyclic) bond motifs is 6. The number of hydrogen-bond donors (Lipinski definition) is 1. The number of hydrogen-bond acceptors (Lipinski definition) is 5. The minimum atomic E-state index is -1.11. The molecule has 0 fully saturated rings. The van der Waals surface area contributed by atoms with Crippen molar-refractivity contribution in [3.63, 3.8) is 0 Å². The molecule has 0 aliphatic carbocycles. The van der Waals surface area contributed by atoms with Gasteiger partial charge in [0.2, 0.25) is 0 Å². The molecule has 46 heavy (non-hydrogen) atoms. The molecule has 0 saturated heterocycles. The lowest BCUT2D eigenvalue weighted by molar-refractivity contribution is 0.0224. The Kier molecular flexibility index (Phi) is 9.13. The molecule has 240 valence electrons. The van der Waals surface area contributed by atoms with E-state index in [1.807, 2.05) is 24.3 Å². The summed E-state index contributed by atoms with van der Waals surface area (Å²) in [6.07, 6.45) is 7.53. The molecule has 5 nitrogen and oxygen atoms in total. The van der Waals surface area contributed by atoms with Crippen LogP contribution in [0.5, 0.6) is 11.5 Å². The van der Waals surface area contributed by atoms with Crippen LogP contribution in [-0.2, 0) is 29.6 Å². The van der Waals surface area contributed by atoms with Crippen LogP contribution in [0.4, 0.5) is 17.1 Å². The van der Waals surface area contributed by atoms with Gasteiger partial charge in [-0.2, -0.15) is 0 Å². The lowest BCUT2D eigenvalue weighted by atomic mass is 9.77. The first-order valence-electron chi connectivity index (χ1n) is 17.4. The zero-order chi connectivity index (χ0) is 32.4. The summed E-state index contributed by atoms with van der Waals surface area (Å²) in [6, 6.07) is 23.0. The second-order valence-corrected chi connectivity index (χ2v) is 12.7. The van der Waals surface area contributed by atoms with E-state index in [2.05, 4.69) is 94.2 Å². The molecule has 1 N–H and O–H groups in total. The molecule has 2 aliphatic rings. The number of rotatable bonds is 12. The number of anilines is 3. The van der Waals surface area contributed by atoms with E-state index in [0.29, 0.717) is 5.56 Å². The van der Waals surface area contributed by atoms with Crippen LogP contribution in [0.25, 0.3) is 0 Å². The summed E-state index contributed by atoms with van der Waals surface area (Å²) >= 11 is 0. The average Bonchev–Trinajstić information content (AvgIpc) is 3.37. The van der Waals surface area contributed by atoms with E-state index >= 15 is 0 Å². The van der Waals surface area contributed by atoms with Crippen molar-refractivity contribution < 1.29 is 14.3 Å². The largest absolute Gasteiger partial charge is 0.456 e. The Morgan fingerprint density at radius 3 is 2.13 bits per heavy atom. The second kappa shape index (κ2) is 13.2. The van der Waals surface area contributed by atoms with Crippen molar-refractivity contribution >= 4 is 23.0 Å². The van der Waals surface area contributed by atoms with Crippen molar-refractivity contribution in [2.24, 2.45) is 0 Å². The van der Waals surface area contributed by atoms with Gasteiger partial charge in [-0.05, 0) is 97.7 Å². The quantitative estimate of drug-likeness (QED) is 0.161. The highest BCUT2D eigenvalue weighted by Crippen LogP contribution is 2.57. The first-order valence-corrected chi connectivity index (χ1v) is 17.4. The van der Waals surface area contributed by atoms with E-state index in [1.165, 1.54) is 16.7 Å². The summed E-state index contributed by atoms with van der Waals surface area (Å²) < 4.78 is 13.3. The first kappa shape index (κ1) is 31.7. The van der Waals surface area contributed by atoms with Gasteiger partial charge in [0.25, 0.3) is 0 Å². The number of unbranched alkanes of at least 4 members (excludes halogenated alkanes) is 2. The van der Waals surface area contributed by atoms with Gasteiger partial charge in [-0.3, -0.25) is 0 Å². The van der Waals surface area contributed by atoms with Crippen LogP contribution >= 0.6 is 0 Å². The van der Waals surface area contributed by atoms with Crippen LogP contribution in [0.3, 0.4) is 0 Å². The van der Waals surface area contributed by atoms with Crippen LogP contribution in [0.1, 0.15) is 110 Å². The second-order valence-electron chi connectivity index (χ2n) is 12.7. The fraction of sp³-hybridized carbons (Fsp3) is 0.390. The Labute approximate surface area is 274 Å².